The molecule has 6 rings (SSSR count). The van der Waals surface area contributed by atoms with E-state index in [-0.39, 0.29) is 31.2 Å². The number of fused-ring (bicyclic) bond motifs is 3. The molecule has 3 heterocycles. The third-order valence-electron chi connectivity index (χ3n) is 11.1. The van der Waals surface area contributed by atoms with Crippen molar-refractivity contribution in [1.82, 2.24) is 25.2 Å². The van der Waals surface area contributed by atoms with Crippen LogP contribution in [0.1, 0.15) is 65.7 Å². The van der Waals surface area contributed by atoms with Crippen LogP contribution in [0.4, 0.5) is 4.79 Å². The molecule has 2 saturated carbocycles. The van der Waals surface area contributed by atoms with Gasteiger partial charge in [-0.1, -0.05) is 44.2 Å². The van der Waals surface area contributed by atoms with Gasteiger partial charge in [0.1, 0.15) is 36.1 Å². The predicted octanol–water partition coefficient (Wildman–Crippen LogP) is 3.13. The predicted molar refractivity (Wildman–Crippen MR) is 194 cm³/mol. The Kier molecular flexibility index (Phi) is 10.9. The van der Waals surface area contributed by atoms with Crippen LogP contribution in [0.5, 0.6) is 11.6 Å². The lowest BCUT2D eigenvalue weighted by Gasteiger charge is -2.32. The molecule has 4 aliphatic rings. The minimum atomic E-state index is -4.01. The van der Waals surface area contributed by atoms with Crippen molar-refractivity contribution in [3.05, 3.63) is 42.6 Å². The number of pyridine rings is 1. The number of methoxy groups -OCH3 is 1. The lowest BCUT2D eigenvalue weighted by atomic mass is 9.88. The fourth-order valence-electron chi connectivity index (χ4n) is 7.47. The van der Waals surface area contributed by atoms with Gasteiger partial charge in [0.15, 0.2) is 0 Å². The Morgan fingerprint density at radius 1 is 1.11 bits per heavy atom. The molecular formula is C37H49N5O10S. The van der Waals surface area contributed by atoms with Gasteiger partial charge >= 0.3 is 6.09 Å². The number of hydrogen-bond acceptors (Lipinski definition) is 10. The number of sulfonamides is 1. The van der Waals surface area contributed by atoms with Crippen LogP contribution in [0.3, 0.4) is 0 Å². The molecule has 1 aromatic heterocycles. The summed E-state index contributed by atoms with van der Waals surface area (Å²) in [6.07, 6.45) is 6.14. The van der Waals surface area contributed by atoms with E-state index in [1.165, 1.54) is 11.1 Å². The quantitative estimate of drug-likeness (QED) is 0.205. The first-order valence-corrected chi connectivity index (χ1v) is 19.7. The number of nitrogens with one attached hydrogen (secondary N) is 3. The number of hydrogen-bond donors (Lipinski definition) is 4. The van der Waals surface area contributed by atoms with E-state index >= 15 is 0 Å². The Balaban J connectivity index is 1.32. The highest BCUT2D eigenvalue weighted by Crippen LogP contribution is 2.47. The van der Waals surface area contributed by atoms with Gasteiger partial charge in [0.2, 0.25) is 27.7 Å². The third-order valence-corrected chi connectivity index (χ3v) is 13.2. The maximum atomic E-state index is 14.4. The van der Waals surface area contributed by atoms with Crippen LogP contribution in [0, 0.1) is 17.8 Å². The van der Waals surface area contributed by atoms with Crippen LogP contribution in [0.2, 0.25) is 0 Å². The Hall–Kier alpha value is -4.44. The zero-order valence-corrected chi connectivity index (χ0v) is 31.3. The Labute approximate surface area is 309 Å². The van der Waals surface area contributed by atoms with Crippen LogP contribution in [-0.4, -0.2) is 103 Å². The summed E-state index contributed by atoms with van der Waals surface area (Å²) >= 11 is 0. The van der Waals surface area contributed by atoms with Gasteiger partial charge in [-0.3, -0.25) is 19.1 Å². The van der Waals surface area contributed by atoms with Gasteiger partial charge in [0.25, 0.3) is 5.91 Å². The van der Waals surface area contributed by atoms with Gasteiger partial charge in [-0.25, -0.2) is 18.2 Å². The van der Waals surface area contributed by atoms with Crippen molar-refractivity contribution in [3.8, 4) is 11.6 Å². The van der Waals surface area contributed by atoms with Gasteiger partial charge in [-0.15, -0.1) is 0 Å². The fourth-order valence-corrected chi connectivity index (χ4v) is 8.78. The van der Waals surface area contributed by atoms with E-state index in [0.29, 0.717) is 50.0 Å². The average Bonchev–Trinajstić information content (AvgIpc) is 3.99. The smallest absolute Gasteiger partial charge is 0.405 e. The van der Waals surface area contributed by atoms with Crippen molar-refractivity contribution < 1.29 is 46.9 Å². The maximum absolute atomic E-state index is 14.4. The zero-order chi connectivity index (χ0) is 38.1. The standard InChI is InChI=1S/C37H49N5O10S/c1-22-9-5-6-10-24-19-37(24,34(45)41-53(48,49)36(3)13-14-36)40-31(43)28-18-25(21-42(28)33(44)30(23(2)17-22)39-35(46)47)52-32-27-12-8-7-11-26(27)29(20-38-32)51-16-15-50-4/h6-8,10-12,20,22-25,28,30,39H,5,9,13-19,21H2,1-4H3,(H,40,43)(H,41,45)(H,46,47)/b10-6-/t22-,23-,24-,25-,28+,30+,37-/m1/s1. The molecule has 0 radical (unpaired) electrons. The highest BCUT2D eigenvalue weighted by molar-refractivity contribution is 7.91. The molecule has 0 bridgehead atoms. The molecule has 1 aromatic carbocycles. The van der Waals surface area contributed by atoms with Gasteiger partial charge in [0.05, 0.1) is 24.1 Å². The summed E-state index contributed by atoms with van der Waals surface area (Å²) in [6.45, 7) is 6.03. The molecule has 15 nitrogen and oxygen atoms in total. The van der Waals surface area contributed by atoms with E-state index < -0.39 is 74.1 Å². The number of aromatic nitrogens is 1. The topological polar surface area (TPSA) is 203 Å². The molecule has 7 atom stereocenters. The van der Waals surface area contributed by atoms with Gasteiger partial charge in [-0.2, -0.15) is 0 Å². The van der Waals surface area contributed by atoms with E-state index in [2.05, 4.69) is 20.3 Å². The van der Waals surface area contributed by atoms with Crippen molar-refractivity contribution in [2.24, 2.45) is 17.8 Å². The minimum Gasteiger partial charge on any atom is -0.489 e. The van der Waals surface area contributed by atoms with E-state index in [4.69, 9.17) is 14.2 Å². The number of amides is 4. The molecule has 16 heteroatoms. The largest absolute Gasteiger partial charge is 0.489 e. The number of benzene rings is 1. The second kappa shape index (κ2) is 15.1. The number of nitrogens with zero attached hydrogens (tertiary/aromatic N) is 2. The van der Waals surface area contributed by atoms with E-state index in [0.717, 1.165) is 11.8 Å². The second-order valence-corrected chi connectivity index (χ2v) is 17.4. The van der Waals surface area contributed by atoms with Gasteiger partial charge in [0, 0.05) is 30.2 Å². The molecule has 0 unspecified atom stereocenters. The molecule has 4 N–H and O–H groups in total. The molecule has 2 aliphatic carbocycles. The zero-order valence-electron chi connectivity index (χ0n) is 30.5. The van der Waals surface area contributed by atoms with E-state index in [9.17, 15) is 32.7 Å². The fraction of sp³-hybridized carbons (Fsp3) is 0.595. The summed E-state index contributed by atoms with van der Waals surface area (Å²) in [5.41, 5.74) is -1.55. The third kappa shape index (κ3) is 8.08. The first kappa shape index (κ1) is 38.3. The van der Waals surface area contributed by atoms with Crippen molar-refractivity contribution in [1.29, 1.82) is 0 Å². The highest BCUT2D eigenvalue weighted by Gasteiger charge is 2.63. The minimum absolute atomic E-state index is 0.00117. The number of carboxylic acid groups (broad SMARTS) is 1. The summed E-state index contributed by atoms with van der Waals surface area (Å²) in [6, 6.07) is 5.02. The molecule has 2 aromatic rings. The first-order chi connectivity index (χ1) is 25.2. The lowest BCUT2D eigenvalue weighted by molar-refractivity contribution is -0.142. The molecule has 4 amide bonds. The maximum Gasteiger partial charge on any atom is 0.405 e. The number of ether oxygens (including phenoxy) is 3. The van der Waals surface area contributed by atoms with Crippen molar-refractivity contribution in [2.45, 2.75) is 94.2 Å². The summed E-state index contributed by atoms with van der Waals surface area (Å²) in [7, 11) is -2.43. The number of carbonyl (C=O) groups is 4. The Morgan fingerprint density at radius 3 is 2.55 bits per heavy atom. The van der Waals surface area contributed by atoms with Gasteiger partial charge < -0.3 is 34.9 Å². The van der Waals surface area contributed by atoms with Crippen LogP contribution in [0.25, 0.3) is 10.8 Å². The van der Waals surface area contributed by atoms with E-state index in [1.54, 1.807) is 14.0 Å². The highest BCUT2D eigenvalue weighted by atomic mass is 32.2. The normalized spacial score (nSPS) is 30.5. The first-order valence-electron chi connectivity index (χ1n) is 18.2. The number of carbonyl (C=O) groups excluding carboxylic acids is 3. The summed E-state index contributed by atoms with van der Waals surface area (Å²) < 4.78 is 44.8. The SMILES string of the molecule is COCCOc1cnc(O[C@@H]2C[C@H]3C(=O)N[C@]4(C(=O)NS(=O)(=O)C5(C)CC5)C[C@H]4/C=C\CC[C@@H](C)C[C@@H](C)[C@H](NC(=O)O)C(=O)N3C2)c2ccccc12. The second-order valence-electron chi connectivity index (χ2n) is 15.2. The summed E-state index contributed by atoms with van der Waals surface area (Å²) in [5, 5.41) is 16.4. The Morgan fingerprint density at radius 2 is 1.85 bits per heavy atom. The molecule has 3 fully saturated rings. The van der Waals surface area contributed by atoms with Crippen molar-refractivity contribution in [2.75, 3.05) is 26.9 Å². The molecule has 288 valence electrons. The molecule has 2 aliphatic heterocycles. The molecule has 1 saturated heterocycles. The monoisotopic (exact) mass is 755 g/mol. The van der Waals surface area contributed by atoms with Crippen LogP contribution >= 0.6 is 0 Å². The van der Waals surface area contributed by atoms with Crippen LogP contribution in [-0.2, 0) is 29.1 Å². The Bertz CT molecular complexity index is 1880. The lowest BCUT2D eigenvalue weighted by Crippen LogP contribution is -2.59. The summed E-state index contributed by atoms with van der Waals surface area (Å²) in [4.78, 5) is 60.4. The number of allylic oxidation sites excluding steroid dienone is 1. The van der Waals surface area contributed by atoms with E-state index in [1.807, 2.05) is 50.3 Å². The van der Waals surface area contributed by atoms with Crippen molar-refractivity contribution in [3.63, 3.8) is 0 Å². The van der Waals surface area contributed by atoms with Gasteiger partial charge in [-0.05, 0) is 63.4 Å². The molecular weight excluding hydrogens is 706 g/mol. The van der Waals surface area contributed by atoms with Crippen molar-refractivity contribution >= 4 is 44.6 Å². The van der Waals surface area contributed by atoms with Crippen LogP contribution < -0.4 is 24.8 Å². The molecule has 0 spiro atoms. The summed E-state index contributed by atoms with van der Waals surface area (Å²) in [5.74, 6) is -2.07. The average molecular weight is 756 g/mol. The van der Waals surface area contributed by atoms with Crippen LogP contribution in [0.15, 0.2) is 42.6 Å². The molecule has 53 heavy (non-hydrogen) atoms. The number of rotatable bonds is 10.